The van der Waals surface area contributed by atoms with Crippen LogP contribution in [0, 0.1) is 12.7 Å². The lowest BCUT2D eigenvalue weighted by Gasteiger charge is -2.11. The van der Waals surface area contributed by atoms with Crippen molar-refractivity contribution in [2.45, 2.75) is 13.5 Å². The van der Waals surface area contributed by atoms with Crippen LogP contribution in [0.4, 0.5) is 10.1 Å². The highest BCUT2D eigenvalue weighted by Crippen LogP contribution is 2.29. The van der Waals surface area contributed by atoms with E-state index in [4.69, 9.17) is 34.8 Å². The second-order valence-corrected chi connectivity index (χ2v) is 5.34. The van der Waals surface area contributed by atoms with Crippen molar-refractivity contribution in [2.75, 3.05) is 5.32 Å². The van der Waals surface area contributed by atoms with E-state index in [1.54, 1.807) is 24.3 Å². The van der Waals surface area contributed by atoms with Gasteiger partial charge in [0.15, 0.2) is 0 Å². The van der Waals surface area contributed by atoms with Gasteiger partial charge in [0.2, 0.25) is 0 Å². The fraction of sp³-hybridized carbons (Fsp3) is 0.143. The zero-order chi connectivity index (χ0) is 14.0. The van der Waals surface area contributed by atoms with E-state index in [2.05, 4.69) is 5.32 Å². The molecule has 1 nitrogen and oxygen atoms in total. The molecule has 2 aromatic rings. The van der Waals surface area contributed by atoms with Crippen LogP contribution in [0.3, 0.4) is 0 Å². The number of nitrogens with one attached hydrogen (secondary N) is 1. The molecule has 0 amide bonds. The molecule has 0 aliphatic rings. The fourth-order valence-electron chi connectivity index (χ4n) is 1.66. The van der Waals surface area contributed by atoms with Gasteiger partial charge in [-0.05, 0) is 36.2 Å². The van der Waals surface area contributed by atoms with E-state index >= 15 is 0 Å². The lowest BCUT2D eigenvalue weighted by molar-refractivity contribution is 0.626. The lowest BCUT2D eigenvalue weighted by Crippen LogP contribution is -2.01. The van der Waals surface area contributed by atoms with Crippen LogP contribution >= 0.6 is 34.8 Å². The quantitative estimate of drug-likeness (QED) is 0.764. The molecule has 100 valence electrons. The van der Waals surface area contributed by atoms with E-state index in [1.807, 2.05) is 6.92 Å². The summed E-state index contributed by atoms with van der Waals surface area (Å²) in [4.78, 5) is 0. The van der Waals surface area contributed by atoms with Crippen LogP contribution in [0.15, 0.2) is 30.3 Å². The predicted molar refractivity (Wildman–Crippen MR) is 79.9 cm³/mol. The SMILES string of the molecule is Cc1cc(Cl)c(NCc2cccc(F)c2Cl)cc1Cl. The van der Waals surface area contributed by atoms with Gasteiger partial charge in [0.1, 0.15) is 5.82 Å². The summed E-state index contributed by atoms with van der Waals surface area (Å²) < 4.78 is 13.3. The van der Waals surface area contributed by atoms with Crippen molar-refractivity contribution in [2.24, 2.45) is 0 Å². The third-order valence-electron chi connectivity index (χ3n) is 2.75. The van der Waals surface area contributed by atoms with Gasteiger partial charge in [0, 0.05) is 11.6 Å². The minimum atomic E-state index is -0.436. The molecule has 0 aliphatic carbocycles. The van der Waals surface area contributed by atoms with E-state index in [9.17, 15) is 4.39 Å². The minimum Gasteiger partial charge on any atom is -0.380 e. The first kappa shape index (κ1) is 14.4. The molecule has 0 radical (unpaired) electrons. The molecule has 0 atom stereocenters. The van der Waals surface area contributed by atoms with Crippen molar-refractivity contribution in [3.05, 3.63) is 62.3 Å². The Balaban J connectivity index is 2.19. The van der Waals surface area contributed by atoms with Crippen LogP contribution < -0.4 is 5.32 Å². The highest BCUT2D eigenvalue weighted by molar-refractivity contribution is 6.35. The minimum absolute atomic E-state index is 0.115. The summed E-state index contributed by atoms with van der Waals surface area (Å²) in [6.07, 6.45) is 0. The first-order valence-electron chi connectivity index (χ1n) is 5.61. The van der Waals surface area contributed by atoms with Crippen molar-refractivity contribution < 1.29 is 4.39 Å². The van der Waals surface area contributed by atoms with E-state index in [0.717, 1.165) is 5.56 Å². The fourth-order valence-corrected chi connectivity index (χ4v) is 2.30. The highest BCUT2D eigenvalue weighted by atomic mass is 35.5. The van der Waals surface area contributed by atoms with E-state index in [-0.39, 0.29) is 5.02 Å². The molecule has 1 N–H and O–H groups in total. The van der Waals surface area contributed by atoms with Crippen molar-refractivity contribution in [1.29, 1.82) is 0 Å². The average molecular weight is 319 g/mol. The summed E-state index contributed by atoms with van der Waals surface area (Å²) in [5.41, 5.74) is 2.26. The molecular weight excluding hydrogens is 308 g/mol. The van der Waals surface area contributed by atoms with Gasteiger partial charge >= 0.3 is 0 Å². The number of halogens is 4. The maximum Gasteiger partial charge on any atom is 0.142 e. The molecule has 2 aromatic carbocycles. The Morgan fingerprint density at radius 3 is 2.58 bits per heavy atom. The molecule has 0 aliphatic heterocycles. The summed E-state index contributed by atoms with van der Waals surface area (Å²) in [5.74, 6) is -0.436. The number of hydrogen-bond acceptors (Lipinski definition) is 1. The topological polar surface area (TPSA) is 12.0 Å². The van der Waals surface area contributed by atoms with Gasteiger partial charge in [-0.15, -0.1) is 0 Å². The third kappa shape index (κ3) is 3.33. The highest BCUT2D eigenvalue weighted by Gasteiger charge is 2.08. The summed E-state index contributed by atoms with van der Waals surface area (Å²) >= 11 is 18.0. The molecule has 0 saturated heterocycles. The number of benzene rings is 2. The maximum absolute atomic E-state index is 13.3. The zero-order valence-electron chi connectivity index (χ0n) is 10.1. The van der Waals surface area contributed by atoms with Crippen LogP contribution in [0.25, 0.3) is 0 Å². The molecule has 0 bridgehead atoms. The Hall–Kier alpha value is -0.960. The van der Waals surface area contributed by atoms with Crippen LogP contribution in [-0.4, -0.2) is 0 Å². The second kappa shape index (κ2) is 6.00. The molecule has 19 heavy (non-hydrogen) atoms. The number of anilines is 1. The van der Waals surface area contributed by atoms with E-state index in [0.29, 0.717) is 27.8 Å². The Kier molecular flexibility index (Phi) is 4.56. The van der Waals surface area contributed by atoms with Crippen molar-refractivity contribution in [1.82, 2.24) is 0 Å². The van der Waals surface area contributed by atoms with Crippen LogP contribution in [-0.2, 0) is 6.54 Å². The Morgan fingerprint density at radius 2 is 1.84 bits per heavy atom. The van der Waals surface area contributed by atoms with Crippen molar-refractivity contribution >= 4 is 40.5 Å². The van der Waals surface area contributed by atoms with Gasteiger partial charge in [0.25, 0.3) is 0 Å². The molecule has 0 heterocycles. The van der Waals surface area contributed by atoms with Gasteiger partial charge in [-0.25, -0.2) is 4.39 Å². The van der Waals surface area contributed by atoms with E-state index in [1.165, 1.54) is 6.07 Å². The molecular formula is C14H11Cl3FN. The largest absolute Gasteiger partial charge is 0.380 e. The molecule has 2 rings (SSSR count). The smallest absolute Gasteiger partial charge is 0.142 e. The Morgan fingerprint density at radius 1 is 1.11 bits per heavy atom. The van der Waals surface area contributed by atoms with Crippen molar-refractivity contribution in [3.8, 4) is 0 Å². The third-order valence-corrected chi connectivity index (χ3v) is 3.89. The van der Waals surface area contributed by atoms with Crippen LogP contribution in [0.1, 0.15) is 11.1 Å². The molecule has 5 heteroatoms. The average Bonchev–Trinajstić information content (AvgIpc) is 2.37. The molecule has 0 fully saturated rings. The normalized spacial score (nSPS) is 10.6. The Bertz CT molecular complexity index is 614. The first-order chi connectivity index (χ1) is 8.99. The lowest BCUT2D eigenvalue weighted by atomic mass is 10.2. The standard InChI is InChI=1S/C14H11Cl3FN/c1-8-5-11(16)13(6-10(8)15)19-7-9-3-2-4-12(18)14(9)17/h2-6,19H,7H2,1H3. The molecule has 0 aromatic heterocycles. The van der Waals surface area contributed by atoms with Gasteiger partial charge in [-0.1, -0.05) is 46.9 Å². The van der Waals surface area contributed by atoms with Gasteiger partial charge in [-0.3, -0.25) is 0 Å². The van der Waals surface area contributed by atoms with Gasteiger partial charge < -0.3 is 5.32 Å². The van der Waals surface area contributed by atoms with Crippen molar-refractivity contribution in [3.63, 3.8) is 0 Å². The second-order valence-electron chi connectivity index (χ2n) is 4.15. The monoisotopic (exact) mass is 317 g/mol. The first-order valence-corrected chi connectivity index (χ1v) is 6.75. The van der Waals surface area contributed by atoms with Gasteiger partial charge in [0.05, 0.1) is 15.7 Å². The molecule has 0 spiro atoms. The number of hydrogen-bond donors (Lipinski definition) is 1. The predicted octanol–water partition coefficient (Wildman–Crippen LogP) is 5.71. The molecule has 0 unspecified atom stereocenters. The van der Waals surface area contributed by atoms with Crippen LogP contribution in [0.2, 0.25) is 15.1 Å². The zero-order valence-corrected chi connectivity index (χ0v) is 12.4. The van der Waals surface area contributed by atoms with Crippen LogP contribution in [0.5, 0.6) is 0 Å². The number of aryl methyl sites for hydroxylation is 1. The summed E-state index contributed by atoms with van der Waals surface area (Å²) in [7, 11) is 0. The maximum atomic E-state index is 13.3. The summed E-state index contributed by atoms with van der Waals surface area (Å²) in [6.45, 7) is 2.25. The summed E-state index contributed by atoms with van der Waals surface area (Å²) in [5, 5.41) is 4.40. The number of rotatable bonds is 3. The van der Waals surface area contributed by atoms with E-state index < -0.39 is 5.82 Å². The Labute approximate surface area is 126 Å². The molecule has 0 saturated carbocycles. The van der Waals surface area contributed by atoms with Gasteiger partial charge in [-0.2, -0.15) is 0 Å². The summed E-state index contributed by atoms with van der Waals surface area (Å²) in [6, 6.07) is 8.21.